The van der Waals surface area contributed by atoms with Crippen LogP contribution in [-0.4, -0.2) is 45.2 Å². The molecule has 1 heterocycles. The van der Waals surface area contributed by atoms with Gasteiger partial charge in [0, 0.05) is 5.33 Å². The normalized spacial score (nSPS) is 24.9. The van der Waals surface area contributed by atoms with Gasteiger partial charge in [-0.15, -0.1) is 0 Å². The Labute approximate surface area is 111 Å². The molecule has 0 aromatic rings. The van der Waals surface area contributed by atoms with Gasteiger partial charge in [0.1, 0.15) is 17.2 Å². The highest BCUT2D eigenvalue weighted by atomic mass is 79.9. The number of carbonyl (C=O) groups excluding carboxylic acids is 2. The molecule has 0 saturated carbocycles. The molecule has 0 spiro atoms. The van der Waals surface area contributed by atoms with Crippen molar-refractivity contribution in [2.75, 3.05) is 5.33 Å². The Morgan fingerprint density at radius 2 is 2.29 bits per heavy atom. The van der Waals surface area contributed by atoms with Crippen LogP contribution in [0.4, 0.5) is 0 Å². The zero-order valence-electron chi connectivity index (χ0n) is 8.81. The van der Waals surface area contributed by atoms with E-state index in [1.54, 1.807) is 6.92 Å². The quantitative estimate of drug-likeness (QED) is 0.250. The maximum atomic E-state index is 11.6. The van der Waals surface area contributed by atoms with Gasteiger partial charge in [-0.25, -0.2) is 4.79 Å². The Morgan fingerprint density at radius 1 is 1.71 bits per heavy atom. The highest BCUT2D eigenvalue weighted by Gasteiger charge is 2.49. The summed E-state index contributed by atoms with van der Waals surface area (Å²) in [5.41, 5.74) is -0.565. The van der Waals surface area contributed by atoms with Crippen LogP contribution in [0.1, 0.15) is 6.92 Å². The number of carboxylic acid groups (broad SMARTS) is 1. The van der Waals surface area contributed by atoms with Crippen molar-refractivity contribution in [3.8, 4) is 0 Å². The predicted octanol–water partition coefficient (Wildman–Crippen LogP) is 0.262. The molecule has 8 heteroatoms. The van der Waals surface area contributed by atoms with Crippen LogP contribution in [0.3, 0.4) is 0 Å². The largest absolute Gasteiger partial charge is 0.477 e. The van der Waals surface area contributed by atoms with E-state index in [0.717, 1.165) is 4.90 Å². The Hall–Kier alpha value is -1.08. The molecule has 6 nitrogen and oxygen atoms in total. The highest BCUT2D eigenvalue weighted by Crippen LogP contribution is 2.30. The van der Waals surface area contributed by atoms with E-state index in [9.17, 15) is 14.4 Å². The number of nitrogens with one attached hydrogen (secondary N) is 1. The fraction of sp³-hybridized carbons (Fsp3) is 0.444. The highest BCUT2D eigenvalue weighted by molar-refractivity contribution is 9.09. The Kier molecular flexibility index (Phi) is 4.53. The lowest BCUT2D eigenvalue weighted by atomic mass is 10.0. The van der Waals surface area contributed by atoms with Crippen LogP contribution in [0.2, 0.25) is 0 Å². The third kappa shape index (κ3) is 2.44. The summed E-state index contributed by atoms with van der Waals surface area (Å²) >= 11 is 8.98. The van der Waals surface area contributed by atoms with E-state index in [1.807, 2.05) is 0 Å². The molecule has 94 valence electrons. The standard InChI is InChI=1S/C9H10BrClN2O4/c1-4(2-10)6(9(16)17)13-7(11)5(8(13)15)12-3-14/h3,5,7H,2H2,1H3,(H,12,14)(H,16,17)/t5-,7+/m1/s1. The van der Waals surface area contributed by atoms with Crippen LogP contribution in [0.15, 0.2) is 11.3 Å². The van der Waals surface area contributed by atoms with E-state index in [0.29, 0.717) is 17.3 Å². The summed E-state index contributed by atoms with van der Waals surface area (Å²) < 4.78 is 0. The second kappa shape index (κ2) is 5.50. The summed E-state index contributed by atoms with van der Waals surface area (Å²) in [5.74, 6) is -1.76. The van der Waals surface area contributed by atoms with Crippen molar-refractivity contribution >= 4 is 45.8 Å². The molecule has 1 rings (SSSR count). The molecular formula is C9H10BrClN2O4. The number of alkyl halides is 2. The molecule has 1 fully saturated rings. The van der Waals surface area contributed by atoms with Crippen LogP contribution < -0.4 is 5.32 Å². The number of amides is 2. The zero-order chi connectivity index (χ0) is 13.2. The van der Waals surface area contributed by atoms with Gasteiger partial charge in [-0.3, -0.25) is 14.5 Å². The van der Waals surface area contributed by atoms with Crippen molar-refractivity contribution in [2.24, 2.45) is 0 Å². The van der Waals surface area contributed by atoms with Crippen molar-refractivity contribution in [2.45, 2.75) is 18.5 Å². The van der Waals surface area contributed by atoms with E-state index in [-0.39, 0.29) is 5.70 Å². The van der Waals surface area contributed by atoms with Crippen LogP contribution in [-0.2, 0) is 14.4 Å². The summed E-state index contributed by atoms with van der Waals surface area (Å²) in [6.07, 6.45) is 0.358. The average molecular weight is 326 g/mol. The summed E-state index contributed by atoms with van der Waals surface area (Å²) in [4.78, 5) is 33.9. The summed E-state index contributed by atoms with van der Waals surface area (Å²) in [6, 6.07) is -0.869. The summed E-state index contributed by atoms with van der Waals surface area (Å²) in [5, 5.41) is 11.6. The first-order valence-corrected chi connectivity index (χ1v) is 6.17. The molecule has 0 aromatic carbocycles. The molecule has 0 aromatic heterocycles. The molecule has 0 radical (unpaired) electrons. The minimum Gasteiger partial charge on any atom is -0.477 e. The lowest BCUT2D eigenvalue weighted by Crippen LogP contribution is -2.67. The second-order valence-corrected chi connectivity index (χ2v) is 4.42. The molecule has 0 bridgehead atoms. The van der Waals surface area contributed by atoms with E-state index in [1.165, 1.54) is 0 Å². The number of halogens is 2. The monoisotopic (exact) mass is 324 g/mol. The molecule has 2 atom stereocenters. The van der Waals surface area contributed by atoms with Crippen LogP contribution in [0.25, 0.3) is 0 Å². The number of hydrogen-bond donors (Lipinski definition) is 2. The molecular weight excluding hydrogens is 315 g/mol. The lowest BCUT2D eigenvalue weighted by molar-refractivity contribution is -0.150. The van der Waals surface area contributed by atoms with Gasteiger partial charge >= 0.3 is 5.97 Å². The van der Waals surface area contributed by atoms with Crippen LogP contribution in [0, 0.1) is 0 Å². The van der Waals surface area contributed by atoms with Crippen LogP contribution >= 0.6 is 27.5 Å². The number of allylic oxidation sites excluding steroid dienone is 1. The van der Waals surface area contributed by atoms with E-state index >= 15 is 0 Å². The van der Waals surface area contributed by atoms with Gasteiger partial charge in [-0.2, -0.15) is 0 Å². The number of carbonyl (C=O) groups is 3. The van der Waals surface area contributed by atoms with Crippen molar-refractivity contribution in [1.82, 2.24) is 10.2 Å². The number of β-lactam (4-membered cyclic amide) rings is 1. The third-order valence-electron chi connectivity index (χ3n) is 2.32. The fourth-order valence-electron chi connectivity index (χ4n) is 1.47. The third-order valence-corrected chi connectivity index (χ3v) is 3.61. The first-order chi connectivity index (χ1) is 7.95. The Balaban J connectivity index is 2.98. The minimum atomic E-state index is -1.23. The molecule has 1 saturated heterocycles. The van der Waals surface area contributed by atoms with Gasteiger partial charge in [0.2, 0.25) is 6.41 Å². The number of aliphatic carboxylic acids is 1. The van der Waals surface area contributed by atoms with Gasteiger partial charge in [0.25, 0.3) is 5.91 Å². The molecule has 0 aliphatic carbocycles. The van der Waals surface area contributed by atoms with Crippen molar-refractivity contribution in [1.29, 1.82) is 0 Å². The molecule has 2 N–H and O–H groups in total. The maximum Gasteiger partial charge on any atom is 0.352 e. The predicted molar refractivity (Wildman–Crippen MR) is 63.6 cm³/mol. The first kappa shape index (κ1) is 14.0. The summed E-state index contributed by atoms with van der Waals surface area (Å²) in [6.45, 7) is 1.58. The SMILES string of the molecule is CC(CBr)=C(C(=O)O)N1C(=O)[C@H](NC=O)[C@H]1Cl. The van der Waals surface area contributed by atoms with Gasteiger partial charge in [0.05, 0.1) is 0 Å². The molecule has 2 amide bonds. The molecule has 17 heavy (non-hydrogen) atoms. The smallest absolute Gasteiger partial charge is 0.352 e. The zero-order valence-corrected chi connectivity index (χ0v) is 11.2. The van der Waals surface area contributed by atoms with Crippen molar-refractivity contribution < 1.29 is 19.5 Å². The van der Waals surface area contributed by atoms with Crippen molar-refractivity contribution in [3.63, 3.8) is 0 Å². The molecule has 0 unspecified atom stereocenters. The van der Waals surface area contributed by atoms with Crippen LogP contribution in [0.5, 0.6) is 0 Å². The van der Waals surface area contributed by atoms with Gasteiger partial charge in [-0.1, -0.05) is 27.5 Å². The number of rotatable bonds is 5. The van der Waals surface area contributed by atoms with Gasteiger partial charge < -0.3 is 10.4 Å². The number of carboxylic acids is 1. The molecule has 1 aliphatic rings. The van der Waals surface area contributed by atoms with Gasteiger partial charge in [-0.05, 0) is 12.5 Å². The van der Waals surface area contributed by atoms with E-state index in [4.69, 9.17) is 16.7 Å². The maximum absolute atomic E-state index is 11.6. The number of hydrogen-bond acceptors (Lipinski definition) is 3. The van der Waals surface area contributed by atoms with E-state index < -0.39 is 23.4 Å². The summed E-state index contributed by atoms with van der Waals surface area (Å²) in [7, 11) is 0. The number of likely N-dealkylation sites (tertiary alicyclic amines) is 1. The minimum absolute atomic E-state index is 0.157. The lowest BCUT2D eigenvalue weighted by Gasteiger charge is -2.43. The number of nitrogens with zero attached hydrogens (tertiary/aromatic N) is 1. The van der Waals surface area contributed by atoms with E-state index in [2.05, 4.69) is 21.2 Å². The Bertz CT molecular complexity index is 398. The van der Waals surface area contributed by atoms with Gasteiger partial charge in [0.15, 0.2) is 0 Å². The average Bonchev–Trinajstić information content (AvgIpc) is 2.31. The Morgan fingerprint density at radius 3 is 2.65 bits per heavy atom. The molecule has 1 aliphatic heterocycles. The van der Waals surface area contributed by atoms with Crippen molar-refractivity contribution in [3.05, 3.63) is 11.3 Å². The first-order valence-electron chi connectivity index (χ1n) is 4.61. The second-order valence-electron chi connectivity index (χ2n) is 3.41. The fourth-order valence-corrected chi connectivity index (χ4v) is 2.11. The topological polar surface area (TPSA) is 86.7 Å².